The first-order valence-corrected chi connectivity index (χ1v) is 13.0. The van der Waals surface area contributed by atoms with Crippen LogP contribution in [0.5, 0.6) is 0 Å². The lowest BCUT2D eigenvalue weighted by molar-refractivity contribution is -0.113. The van der Waals surface area contributed by atoms with E-state index >= 15 is 0 Å². The van der Waals surface area contributed by atoms with Gasteiger partial charge < -0.3 is 16.9 Å². The molecule has 1 aliphatic carbocycles. The van der Waals surface area contributed by atoms with Gasteiger partial charge in [0.1, 0.15) is 0 Å². The van der Waals surface area contributed by atoms with E-state index in [0.717, 1.165) is 11.8 Å². The minimum absolute atomic E-state index is 0.0146. The third kappa shape index (κ3) is 8.95. The molecule has 35 heavy (non-hydrogen) atoms. The summed E-state index contributed by atoms with van der Waals surface area (Å²) in [5.41, 5.74) is 8.17. The largest absolute Gasteiger partial charge is 0.324 e. The Morgan fingerprint density at radius 3 is 2.43 bits per heavy atom. The van der Waals surface area contributed by atoms with Crippen LogP contribution >= 0.6 is 35.0 Å². The van der Waals surface area contributed by atoms with Gasteiger partial charge in [-0.3, -0.25) is 9.80 Å². The summed E-state index contributed by atoms with van der Waals surface area (Å²) >= 11 is 13.8. The molecule has 3 rings (SSSR count). The fourth-order valence-corrected chi connectivity index (χ4v) is 4.06. The number of nitrogens with two attached hydrogens (primary N) is 3. The number of hydrazone groups is 1. The predicted molar refractivity (Wildman–Crippen MR) is 151 cm³/mol. The Bertz CT molecular complexity index is 1130. The summed E-state index contributed by atoms with van der Waals surface area (Å²) in [5, 5.41) is 8.86. The molecule has 0 aromatic heterocycles. The molecule has 0 aliphatic heterocycles. The number of amidine groups is 1. The maximum Gasteiger partial charge on any atom is 0.234 e. The molecule has 2 aromatic carbocycles. The second kappa shape index (κ2) is 13.1. The number of halogens is 2. The van der Waals surface area contributed by atoms with Crippen LogP contribution in [0.25, 0.3) is 0 Å². The lowest BCUT2D eigenvalue weighted by Crippen LogP contribution is -2.37. The molecule has 7 N–H and O–H groups in total. The molecule has 0 spiro atoms. The number of carbonyl (C=O) groups excluding carboxylic acids is 1. The lowest BCUT2D eigenvalue weighted by Gasteiger charge is -2.21. The number of benzene rings is 2. The van der Waals surface area contributed by atoms with Gasteiger partial charge in [0.05, 0.1) is 32.7 Å². The minimum atomic E-state index is -0.612. The van der Waals surface area contributed by atoms with Crippen LogP contribution in [0.1, 0.15) is 57.6 Å². The molecule has 0 saturated heterocycles. The molecule has 1 aliphatic rings. The number of nitrogens with zero attached hydrogens (tertiary/aromatic N) is 2. The average Bonchev–Trinajstić information content (AvgIpc) is 3.66. The topological polar surface area (TPSA) is 123 Å². The fourth-order valence-electron chi connectivity index (χ4n) is 2.91. The quantitative estimate of drug-likeness (QED) is 0.136. The normalized spacial score (nSPS) is 13.2. The van der Waals surface area contributed by atoms with E-state index in [1.54, 1.807) is 18.2 Å². The molecule has 188 valence electrons. The maximum absolute atomic E-state index is 12.5. The number of amides is 1. The number of nitrogens with one attached hydrogen (secondary N) is 1. The average molecular weight is 536 g/mol. The Labute approximate surface area is 221 Å². The molecule has 0 heterocycles. The van der Waals surface area contributed by atoms with Gasteiger partial charge in [-0.15, -0.1) is 0 Å². The van der Waals surface area contributed by atoms with Crippen molar-refractivity contribution < 1.29 is 4.79 Å². The Morgan fingerprint density at radius 2 is 1.89 bits per heavy atom. The van der Waals surface area contributed by atoms with Crippen molar-refractivity contribution in [3.8, 4) is 11.8 Å². The summed E-state index contributed by atoms with van der Waals surface area (Å²) in [4.78, 5) is 12.5. The van der Waals surface area contributed by atoms with E-state index in [0.29, 0.717) is 32.9 Å². The van der Waals surface area contributed by atoms with Gasteiger partial charge in [-0.05, 0) is 68.5 Å². The van der Waals surface area contributed by atoms with Crippen LogP contribution in [0.4, 0.5) is 11.4 Å². The van der Waals surface area contributed by atoms with Crippen LogP contribution in [0.15, 0.2) is 41.5 Å². The summed E-state index contributed by atoms with van der Waals surface area (Å²) in [6, 6.07) is 10.9. The summed E-state index contributed by atoms with van der Waals surface area (Å²) < 4.78 is 0. The number of anilines is 2. The zero-order valence-electron chi connectivity index (χ0n) is 20.4. The van der Waals surface area contributed by atoms with Gasteiger partial charge in [0.15, 0.2) is 0 Å². The molecule has 7 nitrogen and oxygen atoms in total. The van der Waals surface area contributed by atoms with Gasteiger partial charge in [-0.2, -0.15) is 5.10 Å². The SMILES string of the molecule is CC.CC(C)(N)C#Cc1ccc(NC(=O)CS/C(=N/N)N(N)c2ccc(C3CC3)cc2Cl)c(Cl)c1. The molecule has 1 fully saturated rings. The van der Waals surface area contributed by atoms with E-state index < -0.39 is 5.54 Å². The number of hydrogen-bond acceptors (Lipinski definition) is 6. The molecule has 10 heteroatoms. The van der Waals surface area contributed by atoms with Gasteiger partial charge >= 0.3 is 0 Å². The molecule has 1 saturated carbocycles. The highest BCUT2D eigenvalue weighted by Crippen LogP contribution is 2.42. The van der Waals surface area contributed by atoms with Crippen LogP contribution in [-0.4, -0.2) is 22.4 Å². The second-order valence-electron chi connectivity index (χ2n) is 8.27. The van der Waals surface area contributed by atoms with E-state index in [1.807, 2.05) is 45.9 Å². The Morgan fingerprint density at radius 1 is 1.20 bits per heavy atom. The van der Waals surface area contributed by atoms with E-state index in [1.165, 1.54) is 23.4 Å². The summed E-state index contributed by atoms with van der Waals surface area (Å²) in [6.07, 6.45) is 2.35. The number of carbonyl (C=O) groups is 1. The number of rotatable bonds is 5. The van der Waals surface area contributed by atoms with Crippen LogP contribution in [-0.2, 0) is 4.79 Å². The van der Waals surface area contributed by atoms with Crippen LogP contribution < -0.4 is 27.7 Å². The number of thioether (sulfide) groups is 1. The first-order chi connectivity index (χ1) is 16.6. The van der Waals surface area contributed by atoms with Crippen molar-refractivity contribution >= 4 is 57.4 Å². The summed E-state index contributed by atoms with van der Waals surface area (Å²) in [6.45, 7) is 7.62. The van der Waals surface area contributed by atoms with Crippen molar-refractivity contribution in [3.05, 3.63) is 57.6 Å². The first-order valence-electron chi connectivity index (χ1n) is 11.2. The summed E-state index contributed by atoms with van der Waals surface area (Å²) in [5.74, 6) is 17.9. The molecular formula is C25H32Cl2N6OS. The van der Waals surface area contributed by atoms with Gasteiger partial charge in [-0.1, -0.05) is 66.7 Å². The van der Waals surface area contributed by atoms with Crippen molar-refractivity contribution in [2.24, 2.45) is 22.5 Å². The Balaban J connectivity index is 0.00000210. The minimum Gasteiger partial charge on any atom is -0.324 e. The molecule has 1 amide bonds. The molecule has 0 atom stereocenters. The molecule has 0 unspecified atom stereocenters. The van der Waals surface area contributed by atoms with Gasteiger partial charge in [0.2, 0.25) is 11.1 Å². The van der Waals surface area contributed by atoms with Gasteiger partial charge in [-0.25, -0.2) is 5.84 Å². The standard InChI is InChI=1S/C23H26Cl2N6OS.C2H6/c1-23(2,26)10-9-14-3-7-19(17(24)11-14)29-21(32)13-33-22(30-27)31(28)20-8-6-16(12-18(20)25)15-4-5-15;1-2/h3,6-8,11-12,15H,4-5,13,26-28H2,1-2H3,(H,29,32);1-2H3/b30-22+;. The highest BCUT2D eigenvalue weighted by atomic mass is 35.5. The van der Waals surface area contributed by atoms with E-state index in [-0.39, 0.29) is 16.8 Å². The van der Waals surface area contributed by atoms with Gasteiger partial charge in [0, 0.05) is 5.56 Å². The Hall–Kier alpha value is -2.41. The first kappa shape index (κ1) is 28.8. The lowest BCUT2D eigenvalue weighted by atomic mass is 10.1. The molecule has 0 bridgehead atoms. The molecule has 0 radical (unpaired) electrons. The number of hydrogen-bond donors (Lipinski definition) is 4. The van der Waals surface area contributed by atoms with E-state index in [2.05, 4.69) is 22.3 Å². The molecule has 2 aromatic rings. The van der Waals surface area contributed by atoms with Crippen LogP contribution in [0, 0.1) is 11.8 Å². The zero-order valence-corrected chi connectivity index (χ0v) is 22.7. The van der Waals surface area contributed by atoms with Crippen molar-refractivity contribution in [1.82, 2.24) is 0 Å². The van der Waals surface area contributed by atoms with Crippen molar-refractivity contribution in [1.29, 1.82) is 0 Å². The third-order valence-electron chi connectivity index (χ3n) is 4.70. The second-order valence-corrected chi connectivity index (χ2v) is 10.0. The number of hydrazine groups is 1. The molecular weight excluding hydrogens is 503 g/mol. The Kier molecular flexibility index (Phi) is 10.7. The van der Waals surface area contributed by atoms with Crippen LogP contribution in [0.3, 0.4) is 0 Å². The van der Waals surface area contributed by atoms with Crippen molar-refractivity contribution in [2.75, 3.05) is 16.1 Å². The van der Waals surface area contributed by atoms with E-state index in [9.17, 15) is 4.79 Å². The van der Waals surface area contributed by atoms with Gasteiger partial charge in [0.25, 0.3) is 0 Å². The highest BCUT2D eigenvalue weighted by molar-refractivity contribution is 8.14. The third-order valence-corrected chi connectivity index (χ3v) is 6.28. The van der Waals surface area contributed by atoms with Crippen molar-refractivity contribution in [3.63, 3.8) is 0 Å². The van der Waals surface area contributed by atoms with Crippen molar-refractivity contribution in [2.45, 2.75) is 52.0 Å². The fraction of sp³-hybridized carbons (Fsp3) is 0.360. The summed E-state index contributed by atoms with van der Waals surface area (Å²) in [7, 11) is 0. The highest BCUT2D eigenvalue weighted by Gasteiger charge is 2.25. The predicted octanol–water partition coefficient (Wildman–Crippen LogP) is 5.27. The smallest absolute Gasteiger partial charge is 0.234 e. The van der Waals surface area contributed by atoms with E-state index in [4.69, 9.17) is 40.6 Å². The monoisotopic (exact) mass is 534 g/mol. The zero-order chi connectivity index (χ0) is 26.2. The maximum atomic E-state index is 12.5. The van der Waals surface area contributed by atoms with Crippen LogP contribution in [0.2, 0.25) is 10.0 Å².